The number of aromatic nitrogens is 2. The normalized spacial score (nSPS) is 11.6. The molecular weight excluding hydrogens is 1270 g/mol. The maximum absolute atomic E-state index is 14.4. The molecule has 0 saturated heterocycles. The monoisotopic (exact) mass is 1370 g/mol. The zero-order chi connectivity index (χ0) is 68.6. The van der Waals surface area contributed by atoms with Gasteiger partial charge < -0.3 is 128 Å². The number of halogens is 2. The van der Waals surface area contributed by atoms with Gasteiger partial charge in [0.25, 0.3) is 0 Å². The molecule has 0 atom stereocenters. The Morgan fingerprint density at radius 1 is 0.323 bits per heavy atom. The van der Waals surface area contributed by atoms with Crippen LogP contribution in [0.15, 0.2) is 54.6 Å². The number of nitrogens with one attached hydrogen (secondary N) is 2. The minimum atomic E-state index is -3.32. The number of aromatic amines is 2. The van der Waals surface area contributed by atoms with E-state index in [0.29, 0.717) is 181 Å². The molecule has 0 aliphatic carbocycles. The molecule has 0 unspecified atom stereocenters. The fourth-order valence-electron chi connectivity index (χ4n) is 8.09. The molecule has 2 aromatic carbocycles. The molecule has 0 spiro atoms. The van der Waals surface area contributed by atoms with E-state index in [2.05, 4.69) is 9.97 Å². The first-order valence-corrected chi connectivity index (χ1v) is 31.9. The third-order valence-corrected chi connectivity index (χ3v) is 12.8. The number of ketones is 1. The predicted octanol–water partition coefficient (Wildman–Crippen LogP) is 6.19. The van der Waals surface area contributed by atoms with Crippen molar-refractivity contribution in [2.75, 3.05) is 281 Å². The molecule has 0 aliphatic heterocycles. The predicted molar refractivity (Wildman–Crippen MR) is 348 cm³/mol. The minimum Gasteiger partial charge on any atom is -0.503 e. The highest BCUT2D eigenvalue weighted by atomic mass is 19.2. The summed E-state index contributed by atoms with van der Waals surface area (Å²) in [5.41, 5.74) is 1.93. The zero-order valence-electron chi connectivity index (χ0n) is 56.6. The lowest BCUT2D eigenvalue weighted by Crippen LogP contribution is -2.15. The molecule has 0 bridgehead atoms. The average Bonchev–Trinajstić information content (AvgIpc) is 1.49. The molecule has 0 aliphatic rings. The van der Waals surface area contributed by atoms with Gasteiger partial charge in [0.15, 0.2) is 23.0 Å². The number of ether oxygens (including phenoxy) is 24. The topological polar surface area (TPSA) is 279 Å². The van der Waals surface area contributed by atoms with Gasteiger partial charge in [0.2, 0.25) is 17.3 Å². The van der Waals surface area contributed by atoms with E-state index in [-0.39, 0.29) is 125 Å². The molecule has 0 amide bonds. The highest BCUT2D eigenvalue weighted by molar-refractivity contribution is 6.36. The summed E-state index contributed by atoms with van der Waals surface area (Å²) in [6.07, 6.45) is 0.968. The molecule has 2 N–H and O–H groups in total. The molecule has 0 saturated carbocycles. The van der Waals surface area contributed by atoms with Crippen LogP contribution in [0.4, 0.5) is 8.63 Å². The second-order valence-corrected chi connectivity index (χ2v) is 19.8. The molecular formula is C65H101BF2N2O26. The fourth-order valence-corrected chi connectivity index (χ4v) is 8.09. The Labute approximate surface area is 562 Å². The van der Waals surface area contributed by atoms with Crippen molar-refractivity contribution in [3.8, 4) is 57.0 Å². The standard InChI is InChI=1S/C65H101BF2N2O26/c1-72-11-17-78-23-29-84-35-41-90-60-47-52(48-61(91-42-36-85-30-24-79-18-12-73-2)64(60)94-45-39-88-33-27-82-21-15-76-5)54-7-9-56(69-54)58(71)51-59(96-66(67)68)57-10-8-55(70-57)53-49-62(92-43-37-86-31-25-80-19-13-74-3)65(95-46-40-89-34-28-83-22-16-77-6)63(50-53)93-44-38-87-32-26-81-20-14-75-4/h7-10,47-51,69-70H,11-46H2,1-6H3/b59-51-. The molecule has 2 heterocycles. The van der Waals surface area contributed by atoms with Gasteiger partial charge in [-0.25, -0.2) is 8.63 Å². The van der Waals surface area contributed by atoms with E-state index < -0.39 is 19.0 Å². The number of hydrogen-bond donors (Lipinski definition) is 2. The highest BCUT2D eigenvalue weighted by Gasteiger charge is 2.25. The average molecular weight is 1380 g/mol. The summed E-state index contributed by atoms with van der Waals surface area (Å²) >= 11 is 0. The Hall–Kier alpha value is -5.79. The number of methoxy groups -OCH3 is 6. The number of benzene rings is 2. The van der Waals surface area contributed by atoms with Crippen molar-refractivity contribution in [2.45, 2.75) is 0 Å². The van der Waals surface area contributed by atoms with Gasteiger partial charge in [0, 0.05) is 71.2 Å². The van der Waals surface area contributed by atoms with Gasteiger partial charge in [0.1, 0.15) is 45.4 Å². The Morgan fingerprint density at radius 2 is 0.552 bits per heavy atom. The van der Waals surface area contributed by atoms with E-state index in [4.69, 9.17) is 118 Å². The van der Waals surface area contributed by atoms with E-state index in [9.17, 15) is 13.4 Å². The summed E-state index contributed by atoms with van der Waals surface area (Å²) in [6.45, 7) is 11.1. The van der Waals surface area contributed by atoms with E-state index in [1.54, 1.807) is 79.1 Å². The van der Waals surface area contributed by atoms with Crippen molar-refractivity contribution in [3.63, 3.8) is 0 Å². The van der Waals surface area contributed by atoms with Crippen molar-refractivity contribution >= 4 is 19.0 Å². The first-order chi connectivity index (χ1) is 47.3. The quantitative estimate of drug-likeness (QED) is 0.0164. The second kappa shape index (κ2) is 56.1. The molecule has 4 aromatic rings. The van der Waals surface area contributed by atoms with Crippen LogP contribution in [-0.4, -0.2) is 304 Å². The van der Waals surface area contributed by atoms with Crippen molar-refractivity contribution in [1.29, 1.82) is 0 Å². The largest absolute Gasteiger partial charge is 0.796 e. The van der Waals surface area contributed by atoms with Crippen LogP contribution in [0.2, 0.25) is 0 Å². The number of rotatable bonds is 67. The van der Waals surface area contributed by atoms with Gasteiger partial charge in [-0.3, -0.25) is 4.79 Å². The molecule has 31 heteroatoms. The summed E-state index contributed by atoms with van der Waals surface area (Å²) in [5.74, 6) is 0.470. The number of carbonyl (C=O) groups excluding carboxylic acids is 1. The lowest BCUT2D eigenvalue weighted by atomic mass is 10.1. The Kier molecular flexibility index (Phi) is 48.3. The van der Waals surface area contributed by atoms with Crippen LogP contribution in [0.1, 0.15) is 16.2 Å². The number of allylic oxidation sites excluding steroid dienone is 1. The van der Waals surface area contributed by atoms with Gasteiger partial charge in [-0.2, -0.15) is 0 Å². The van der Waals surface area contributed by atoms with Gasteiger partial charge in [-0.1, -0.05) is 0 Å². The first-order valence-electron chi connectivity index (χ1n) is 31.9. The van der Waals surface area contributed by atoms with Crippen LogP contribution in [0.25, 0.3) is 28.3 Å². The maximum atomic E-state index is 14.4. The van der Waals surface area contributed by atoms with Crippen LogP contribution in [0, 0.1) is 0 Å². The minimum absolute atomic E-state index is 0.0353. The first kappa shape index (κ1) is 82.6. The van der Waals surface area contributed by atoms with Crippen LogP contribution >= 0.6 is 0 Å². The molecule has 544 valence electrons. The number of carbonyl (C=O) groups is 1. The summed E-state index contributed by atoms with van der Waals surface area (Å²) in [4.78, 5) is 20.5. The van der Waals surface area contributed by atoms with Crippen LogP contribution in [0.5, 0.6) is 34.5 Å². The lowest BCUT2D eigenvalue weighted by Gasteiger charge is -2.19. The van der Waals surface area contributed by atoms with Gasteiger partial charge in [0.05, 0.1) is 210 Å². The van der Waals surface area contributed by atoms with Crippen LogP contribution < -0.4 is 28.4 Å². The van der Waals surface area contributed by atoms with Crippen LogP contribution in [0.3, 0.4) is 0 Å². The number of hydrogen-bond acceptors (Lipinski definition) is 26. The fraction of sp³-hybridized carbons (Fsp3) is 0.646. The summed E-state index contributed by atoms with van der Waals surface area (Å²) < 4.78 is 170. The lowest BCUT2D eigenvalue weighted by molar-refractivity contribution is 0.0146. The second-order valence-electron chi connectivity index (χ2n) is 19.8. The van der Waals surface area contributed by atoms with Crippen LogP contribution in [-0.2, 0) is 89.9 Å². The SMILES string of the molecule is COCCOCCOCCOc1cc(-c2ccc(C(=O)/C=C(\OB(F)F)c3ccc(-c4cc(OCCOCCOCCOC)c(OCCOCCOCCOC)c(OCCOCCOCCOC)c4)[nH]3)[nH]2)cc(OCCOCCOCCOC)c1OCCOCCOCCOC. The summed E-state index contributed by atoms with van der Waals surface area (Å²) in [6, 6.07) is 13.1. The van der Waals surface area contributed by atoms with Crippen molar-refractivity contribution in [1.82, 2.24) is 9.97 Å². The zero-order valence-corrected chi connectivity index (χ0v) is 56.6. The van der Waals surface area contributed by atoms with Gasteiger partial charge >= 0.3 is 7.47 Å². The Balaban J connectivity index is 1.66. The van der Waals surface area contributed by atoms with E-state index in [1.165, 1.54) is 12.1 Å². The van der Waals surface area contributed by atoms with Crippen molar-refractivity contribution < 1.29 is 132 Å². The molecule has 0 fully saturated rings. The molecule has 0 radical (unpaired) electrons. The maximum Gasteiger partial charge on any atom is 0.796 e. The van der Waals surface area contributed by atoms with Crippen molar-refractivity contribution in [3.05, 3.63) is 66.0 Å². The highest BCUT2D eigenvalue weighted by Crippen LogP contribution is 2.44. The third kappa shape index (κ3) is 37.2. The summed E-state index contributed by atoms with van der Waals surface area (Å²) in [5, 5.41) is 0. The molecule has 4 rings (SSSR count). The van der Waals surface area contributed by atoms with Crippen molar-refractivity contribution in [2.24, 2.45) is 0 Å². The third-order valence-electron chi connectivity index (χ3n) is 12.8. The summed E-state index contributed by atoms with van der Waals surface area (Å²) in [7, 11) is 6.26. The Morgan fingerprint density at radius 3 is 0.812 bits per heavy atom. The molecule has 28 nitrogen and oxygen atoms in total. The van der Waals surface area contributed by atoms with E-state index >= 15 is 0 Å². The molecule has 96 heavy (non-hydrogen) atoms. The van der Waals surface area contributed by atoms with E-state index in [1.807, 2.05) is 0 Å². The van der Waals surface area contributed by atoms with Gasteiger partial charge in [-0.05, 0) is 48.5 Å². The smallest absolute Gasteiger partial charge is 0.503 e. The number of H-pyrrole nitrogens is 2. The molecule has 2 aromatic heterocycles. The van der Waals surface area contributed by atoms with E-state index in [0.717, 1.165) is 6.08 Å². The Bertz CT molecular complexity index is 2500. The van der Waals surface area contributed by atoms with Gasteiger partial charge in [-0.15, -0.1) is 0 Å².